The van der Waals surface area contributed by atoms with Crippen LogP contribution in [0.5, 0.6) is 0 Å². The van der Waals surface area contributed by atoms with Gasteiger partial charge in [-0.2, -0.15) is 0 Å². The van der Waals surface area contributed by atoms with Gasteiger partial charge < -0.3 is 14.8 Å². The van der Waals surface area contributed by atoms with Crippen LogP contribution in [0, 0.1) is 5.92 Å². The van der Waals surface area contributed by atoms with Crippen molar-refractivity contribution in [2.45, 2.75) is 26.3 Å². The first-order valence-electron chi connectivity index (χ1n) is 5.08. The zero-order valence-electron chi connectivity index (χ0n) is 9.27. The summed E-state index contributed by atoms with van der Waals surface area (Å²) in [4.78, 5) is 22.4. The average molecular weight is 225 g/mol. The van der Waals surface area contributed by atoms with E-state index in [2.05, 4.69) is 5.32 Å². The number of rotatable bonds is 5. The van der Waals surface area contributed by atoms with E-state index in [9.17, 15) is 9.59 Å². The molecule has 0 saturated carbocycles. The third-order valence-corrected chi connectivity index (χ3v) is 2.06. The van der Waals surface area contributed by atoms with Gasteiger partial charge in [-0.25, -0.2) is 4.79 Å². The normalized spacial score (nSPS) is 12.4. The van der Waals surface area contributed by atoms with Crippen molar-refractivity contribution in [3.63, 3.8) is 0 Å². The predicted molar refractivity (Wildman–Crippen MR) is 57.1 cm³/mol. The highest BCUT2D eigenvalue weighted by Gasteiger charge is 2.22. The van der Waals surface area contributed by atoms with E-state index in [1.165, 1.54) is 12.3 Å². The molecule has 0 bridgehead atoms. The summed E-state index contributed by atoms with van der Waals surface area (Å²) in [5.74, 6) is -1.22. The molecule has 0 saturated heterocycles. The summed E-state index contributed by atoms with van der Waals surface area (Å²) in [7, 11) is 0. The molecule has 0 fully saturated rings. The summed E-state index contributed by atoms with van der Waals surface area (Å²) >= 11 is 0. The van der Waals surface area contributed by atoms with Crippen LogP contribution in [-0.2, 0) is 4.79 Å². The quantitative estimate of drug-likeness (QED) is 0.796. The number of carboxylic acid groups (broad SMARTS) is 1. The summed E-state index contributed by atoms with van der Waals surface area (Å²) in [6.07, 6.45) is 1.76. The van der Waals surface area contributed by atoms with E-state index < -0.39 is 17.9 Å². The van der Waals surface area contributed by atoms with Crippen LogP contribution in [0.3, 0.4) is 0 Å². The van der Waals surface area contributed by atoms with Crippen LogP contribution in [0.4, 0.5) is 0 Å². The molecule has 1 aromatic rings. The minimum Gasteiger partial charge on any atom is -0.480 e. The highest BCUT2D eigenvalue weighted by atomic mass is 16.4. The Morgan fingerprint density at radius 3 is 2.62 bits per heavy atom. The molecule has 5 nitrogen and oxygen atoms in total. The van der Waals surface area contributed by atoms with Crippen molar-refractivity contribution < 1.29 is 19.1 Å². The molecule has 0 aliphatic rings. The molecule has 1 heterocycles. The van der Waals surface area contributed by atoms with E-state index in [1.807, 2.05) is 13.8 Å². The van der Waals surface area contributed by atoms with Gasteiger partial charge in [-0.1, -0.05) is 13.8 Å². The van der Waals surface area contributed by atoms with Crippen molar-refractivity contribution in [3.8, 4) is 0 Å². The van der Waals surface area contributed by atoms with Gasteiger partial charge in [0.15, 0.2) is 5.76 Å². The standard InChI is InChI=1S/C11H15NO4/c1-7(2)6-8(11(14)15)12-10(13)9-4-3-5-16-9/h3-5,7-8H,6H2,1-2H3,(H,12,13)(H,14,15)/t8-/m0/s1. The second kappa shape index (κ2) is 5.34. The van der Waals surface area contributed by atoms with E-state index in [4.69, 9.17) is 9.52 Å². The van der Waals surface area contributed by atoms with Crippen LogP contribution in [0.1, 0.15) is 30.8 Å². The average Bonchev–Trinajstić information content (AvgIpc) is 2.68. The van der Waals surface area contributed by atoms with E-state index in [0.29, 0.717) is 6.42 Å². The molecular formula is C11H15NO4. The van der Waals surface area contributed by atoms with Crippen LogP contribution in [0.15, 0.2) is 22.8 Å². The predicted octanol–water partition coefficient (Wildman–Crippen LogP) is 1.51. The van der Waals surface area contributed by atoms with Crippen LogP contribution >= 0.6 is 0 Å². The Kier molecular flexibility index (Phi) is 4.10. The summed E-state index contributed by atoms with van der Waals surface area (Å²) in [5, 5.41) is 11.3. The van der Waals surface area contributed by atoms with E-state index in [-0.39, 0.29) is 11.7 Å². The number of nitrogens with one attached hydrogen (secondary N) is 1. The molecule has 1 amide bonds. The largest absolute Gasteiger partial charge is 0.480 e. The van der Waals surface area contributed by atoms with E-state index >= 15 is 0 Å². The third-order valence-electron chi connectivity index (χ3n) is 2.06. The van der Waals surface area contributed by atoms with Crippen molar-refractivity contribution in [1.29, 1.82) is 0 Å². The second-order valence-corrected chi connectivity index (χ2v) is 3.97. The van der Waals surface area contributed by atoms with E-state index in [1.54, 1.807) is 6.07 Å². The Labute approximate surface area is 93.4 Å². The highest BCUT2D eigenvalue weighted by Crippen LogP contribution is 2.07. The topological polar surface area (TPSA) is 79.5 Å². The van der Waals surface area contributed by atoms with Gasteiger partial charge in [0.25, 0.3) is 5.91 Å². The maximum Gasteiger partial charge on any atom is 0.326 e. The Bertz CT molecular complexity index is 356. The minimum atomic E-state index is -1.03. The monoisotopic (exact) mass is 225 g/mol. The number of furan rings is 1. The lowest BCUT2D eigenvalue weighted by Gasteiger charge is -2.15. The van der Waals surface area contributed by atoms with E-state index in [0.717, 1.165) is 0 Å². The summed E-state index contributed by atoms with van der Waals surface area (Å²) in [5.41, 5.74) is 0. The molecule has 1 rings (SSSR count). The number of carboxylic acids is 1. The molecule has 0 spiro atoms. The molecule has 0 aliphatic carbocycles. The molecule has 0 aliphatic heterocycles. The Morgan fingerprint density at radius 2 is 2.19 bits per heavy atom. The fourth-order valence-electron chi connectivity index (χ4n) is 1.33. The van der Waals surface area contributed by atoms with Gasteiger partial charge in [-0.3, -0.25) is 4.79 Å². The van der Waals surface area contributed by atoms with Crippen molar-refractivity contribution in [3.05, 3.63) is 24.2 Å². The molecule has 88 valence electrons. The first kappa shape index (κ1) is 12.3. The number of carbonyl (C=O) groups is 2. The molecule has 2 N–H and O–H groups in total. The maximum atomic E-state index is 11.5. The number of aliphatic carboxylic acids is 1. The lowest BCUT2D eigenvalue weighted by molar-refractivity contribution is -0.139. The van der Waals surface area contributed by atoms with Gasteiger partial charge in [0.05, 0.1) is 6.26 Å². The van der Waals surface area contributed by atoms with Gasteiger partial charge in [-0.05, 0) is 24.5 Å². The van der Waals surface area contributed by atoms with Gasteiger partial charge >= 0.3 is 5.97 Å². The fourth-order valence-corrected chi connectivity index (χ4v) is 1.33. The molecule has 0 aromatic carbocycles. The summed E-state index contributed by atoms with van der Waals surface area (Å²) in [6.45, 7) is 3.80. The maximum absolute atomic E-state index is 11.5. The van der Waals surface area contributed by atoms with Crippen molar-refractivity contribution >= 4 is 11.9 Å². The molecule has 0 unspecified atom stereocenters. The zero-order chi connectivity index (χ0) is 12.1. The third kappa shape index (κ3) is 3.42. The summed E-state index contributed by atoms with van der Waals surface area (Å²) < 4.78 is 4.88. The lowest BCUT2D eigenvalue weighted by atomic mass is 10.0. The smallest absolute Gasteiger partial charge is 0.326 e. The van der Waals surface area contributed by atoms with Gasteiger partial charge in [0.2, 0.25) is 0 Å². The number of hydrogen-bond acceptors (Lipinski definition) is 3. The van der Waals surface area contributed by atoms with Crippen molar-refractivity contribution in [2.24, 2.45) is 5.92 Å². The zero-order valence-corrected chi connectivity index (χ0v) is 9.27. The van der Waals surface area contributed by atoms with Gasteiger partial charge in [-0.15, -0.1) is 0 Å². The summed E-state index contributed by atoms with van der Waals surface area (Å²) in [6, 6.07) is 2.19. The lowest BCUT2D eigenvalue weighted by Crippen LogP contribution is -2.41. The second-order valence-electron chi connectivity index (χ2n) is 3.97. The Morgan fingerprint density at radius 1 is 1.50 bits per heavy atom. The van der Waals surface area contributed by atoms with Crippen LogP contribution in [0.25, 0.3) is 0 Å². The molecule has 0 radical (unpaired) electrons. The number of amides is 1. The molecule has 1 aromatic heterocycles. The molecule has 1 atom stereocenters. The minimum absolute atomic E-state index is 0.120. The number of carbonyl (C=O) groups excluding carboxylic acids is 1. The fraction of sp³-hybridized carbons (Fsp3) is 0.455. The van der Waals surface area contributed by atoms with Crippen LogP contribution in [-0.4, -0.2) is 23.0 Å². The Hall–Kier alpha value is -1.78. The van der Waals surface area contributed by atoms with Crippen molar-refractivity contribution in [2.75, 3.05) is 0 Å². The van der Waals surface area contributed by atoms with Gasteiger partial charge in [0, 0.05) is 0 Å². The van der Waals surface area contributed by atoms with Crippen molar-refractivity contribution in [1.82, 2.24) is 5.32 Å². The Balaban J connectivity index is 2.62. The van der Waals surface area contributed by atoms with Gasteiger partial charge in [0.1, 0.15) is 6.04 Å². The number of hydrogen-bond donors (Lipinski definition) is 2. The molecule has 5 heteroatoms. The first-order chi connectivity index (χ1) is 7.50. The van der Waals surface area contributed by atoms with Crippen LogP contribution < -0.4 is 5.32 Å². The molecular weight excluding hydrogens is 210 g/mol. The SMILES string of the molecule is CC(C)C[C@H](NC(=O)c1ccco1)C(=O)O. The highest BCUT2D eigenvalue weighted by molar-refractivity contribution is 5.94. The molecule has 16 heavy (non-hydrogen) atoms. The van der Waals surface area contributed by atoms with Crippen LogP contribution in [0.2, 0.25) is 0 Å². The first-order valence-corrected chi connectivity index (χ1v) is 5.08.